The molecule has 110 valence electrons. The first-order chi connectivity index (χ1) is 9.60. The van der Waals surface area contributed by atoms with Crippen molar-refractivity contribution in [2.75, 3.05) is 6.54 Å². The van der Waals surface area contributed by atoms with Crippen molar-refractivity contribution >= 4 is 5.91 Å². The summed E-state index contributed by atoms with van der Waals surface area (Å²) >= 11 is 0. The molecule has 2 N–H and O–H groups in total. The topological polar surface area (TPSA) is 46.3 Å². The summed E-state index contributed by atoms with van der Waals surface area (Å²) in [7, 11) is 0. The van der Waals surface area contributed by atoms with E-state index in [1.54, 1.807) is 11.0 Å². The molecule has 1 fully saturated rings. The summed E-state index contributed by atoms with van der Waals surface area (Å²) in [6.07, 6.45) is 3.74. The number of benzene rings is 1. The highest BCUT2D eigenvalue weighted by Crippen LogP contribution is 2.25. The first-order valence-electron chi connectivity index (χ1n) is 7.39. The fourth-order valence-corrected chi connectivity index (χ4v) is 2.91. The molecule has 0 radical (unpaired) electrons. The lowest BCUT2D eigenvalue weighted by Crippen LogP contribution is -2.40. The molecule has 0 bridgehead atoms. The van der Waals surface area contributed by atoms with E-state index in [1.165, 1.54) is 12.1 Å². The quantitative estimate of drug-likeness (QED) is 0.920. The fraction of sp³-hybridized carbons (Fsp3) is 0.562. The number of amides is 1. The molecule has 0 heterocycles. The summed E-state index contributed by atoms with van der Waals surface area (Å²) in [5, 5.41) is 0. The maximum absolute atomic E-state index is 13.2. The second kappa shape index (κ2) is 6.84. The van der Waals surface area contributed by atoms with Crippen LogP contribution in [0.5, 0.6) is 0 Å². The van der Waals surface area contributed by atoms with Gasteiger partial charge in [-0.05, 0) is 43.9 Å². The molecule has 0 aromatic heterocycles. The molecule has 1 aromatic carbocycles. The summed E-state index contributed by atoms with van der Waals surface area (Å²) < 4.78 is 13.2. The third-order valence-electron chi connectivity index (χ3n) is 4.02. The highest BCUT2D eigenvalue weighted by Gasteiger charge is 2.28. The van der Waals surface area contributed by atoms with E-state index < -0.39 is 0 Å². The van der Waals surface area contributed by atoms with Gasteiger partial charge in [-0.3, -0.25) is 4.79 Å². The zero-order valence-corrected chi connectivity index (χ0v) is 12.0. The second-order valence-corrected chi connectivity index (χ2v) is 5.61. The summed E-state index contributed by atoms with van der Waals surface area (Å²) in [5.74, 6) is -0.0649. The number of nitrogens with zero attached hydrogens (tertiary/aromatic N) is 1. The van der Waals surface area contributed by atoms with Crippen molar-refractivity contribution in [1.82, 2.24) is 4.90 Å². The standard InChI is InChI=1S/C16H23FN2O/c1-2-19(11-12-5-3-7-14(17)9-12)16(20)13-6-4-8-15(18)10-13/h3,5,7,9,13,15H,2,4,6,8,10-11,18H2,1H3. The molecule has 2 atom stereocenters. The van der Waals surface area contributed by atoms with Gasteiger partial charge in [0.15, 0.2) is 0 Å². The smallest absolute Gasteiger partial charge is 0.226 e. The average Bonchev–Trinajstić information content (AvgIpc) is 2.44. The fourth-order valence-electron chi connectivity index (χ4n) is 2.91. The number of hydrogen-bond donors (Lipinski definition) is 1. The Morgan fingerprint density at radius 3 is 2.90 bits per heavy atom. The van der Waals surface area contributed by atoms with E-state index in [9.17, 15) is 9.18 Å². The van der Waals surface area contributed by atoms with Crippen LogP contribution in [-0.4, -0.2) is 23.4 Å². The van der Waals surface area contributed by atoms with E-state index in [0.29, 0.717) is 13.1 Å². The van der Waals surface area contributed by atoms with Crippen LogP contribution >= 0.6 is 0 Å². The van der Waals surface area contributed by atoms with Gasteiger partial charge in [-0.1, -0.05) is 18.6 Å². The van der Waals surface area contributed by atoms with Crippen LogP contribution in [0.15, 0.2) is 24.3 Å². The van der Waals surface area contributed by atoms with Crippen molar-refractivity contribution in [2.24, 2.45) is 11.7 Å². The van der Waals surface area contributed by atoms with Crippen molar-refractivity contribution in [1.29, 1.82) is 0 Å². The minimum atomic E-state index is -0.259. The summed E-state index contributed by atoms with van der Waals surface area (Å²) in [5.41, 5.74) is 6.79. The molecule has 0 saturated heterocycles. The maximum atomic E-state index is 13.2. The lowest BCUT2D eigenvalue weighted by Gasteiger charge is -2.31. The predicted octanol–water partition coefficient (Wildman–Crippen LogP) is 2.69. The Morgan fingerprint density at radius 2 is 2.25 bits per heavy atom. The van der Waals surface area contributed by atoms with E-state index in [4.69, 9.17) is 5.73 Å². The predicted molar refractivity (Wildman–Crippen MR) is 77.4 cm³/mol. The molecule has 20 heavy (non-hydrogen) atoms. The largest absolute Gasteiger partial charge is 0.338 e. The first kappa shape index (κ1) is 15.0. The summed E-state index contributed by atoms with van der Waals surface area (Å²) in [6.45, 7) is 3.07. The van der Waals surface area contributed by atoms with Gasteiger partial charge in [0.25, 0.3) is 0 Å². The minimum absolute atomic E-state index is 0.0345. The highest BCUT2D eigenvalue weighted by molar-refractivity contribution is 5.79. The molecule has 2 rings (SSSR count). The Morgan fingerprint density at radius 1 is 1.45 bits per heavy atom. The minimum Gasteiger partial charge on any atom is -0.338 e. The van der Waals surface area contributed by atoms with Crippen LogP contribution in [0.4, 0.5) is 4.39 Å². The monoisotopic (exact) mass is 278 g/mol. The second-order valence-electron chi connectivity index (χ2n) is 5.61. The third-order valence-corrected chi connectivity index (χ3v) is 4.02. The average molecular weight is 278 g/mol. The van der Waals surface area contributed by atoms with Gasteiger partial charge < -0.3 is 10.6 Å². The van der Waals surface area contributed by atoms with Crippen molar-refractivity contribution < 1.29 is 9.18 Å². The van der Waals surface area contributed by atoms with Crippen LogP contribution in [0.1, 0.15) is 38.2 Å². The Balaban J connectivity index is 2.02. The molecule has 1 saturated carbocycles. The molecule has 1 aliphatic rings. The molecule has 1 aliphatic carbocycles. The number of halogens is 1. The van der Waals surface area contributed by atoms with Gasteiger partial charge in [-0.25, -0.2) is 4.39 Å². The van der Waals surface area contributed by atoms with Gasteiger partial charge in [0, 0.05) is 25.0 Å². The van der Waals surface area contributed by atoms with Gasteiger partial charge >= 0.3 is 0 Å². The molecule has 1 amide bonds. The summed E-state index contributed by atoms with van der Waals surface area (Å²) in [6, 6.07) is 6.58. The lowest BCUT2D eigenvalue weighted by molar-refractivity contribution is -0.137. The third kappa shape index (κ3) is 3.79. The number of nitrogens with two attached hydrogens (primary N) is 1. The molecular formula is C16H23FN2O. The molecular weight excluding hydrogens is 255 g/mol. The van der Waals surface area contributed by atoms with E-state index >= 15 is 0 Å². The number of carbonyl (C=O) groups is 1. The van der Waals surface area contributed by atoms with Crippen LogP contribution in [0.2, 0.25) is 0 Å². The van der Waals surface area contributed by atoms with E-state index in [2.05, 4.69) is 0 Å². The van der Waals surface area contributed by atoms with Crippen molar-refractivity contribution in [2.45, 2.75) is 45.2 Å². The maximum Gasteiger partial charge on any atom is 0.226 e. The summed E-state index contributed by atoms with van der Waals surface area (Å²) in [4.78, 5) is 14.3. The van der Waals surface area contributed by atoms with Crippen molar-refractivity contribution in [3.05, 3.63) is 35.6 Å². The molecule has 0 aliphatic heterocycles. The van der Waals surface area contributed by atoms with Gasteiger partial charge in [0.05, 0.1) is 0 Å². The van der Waals surface area contributed by atoms with Crippen LogP contribution < -0.4 is 5.73 Å². The van der Waals surface area contributed by atoms with E-state index in [0.717, 1.165) is 31.2 Å². The van der Waals surface area contributed by atoms with E-state index in [-0.39, 0.29) is 23.7 Å². The van der Waals surface area contributed by atoms with Crippen LogP contribution in [-0.2, 0) is 11.3 Å². The SMILES string of the molecule is CCN(Cc1cccc(F)c1)C(=O)C1CCCC(N)C1. The molecule has 0 spiro atoms. The Bertz CT molecular complexity index is 464. The number of rotatable bonds is 4. The molecule has 4 heteroatoms. The zero-order chi connectivity index (χ0) is 14.5. The van der Waals surface area contributed by atoms with E-state index in [1.807, 2.05) is 13.0 Å². The number of hydrogen-bond acceptors (Lipinski definition) is 2. The first-order valence-corrected chi connectivity index (χ1v) is 7.39. The highest BCUT2D eigenvalue weighted by atomic mass is 19.1. The van der Waals surface area contributed by atoms with Crippen LogP contribution in [0.3, 0.4) is 0 Å². The van der Waals surface area contributed by atoms with Crippen LogP contribution in [0.25, 0.3) is 0 Å². The van der Waals surface area contributed by atoms with Gasteiger partial charge in [-0.2, -0.15) is 0 Å². The van der Waals surface area contributed by atoms with Gasteiger partial charge in [0.1, 0.15) is 5.82 Å². The Kier molecular flexibility index (Phi) is 5.12. The Hall–Kier alpha value is -1.42. The van der Waals surface area contributed by atoms with Crippen molar-refractivity contribution in [3.63, 3.8) is 0 Å². The lowest BCUT2D eigenvalue weighted by atomic mass is 9.85. The van der Waals surface area contributed by atoms with Crippen LogP contribution in [0, 0.1) is 11.7 Å². The zero-order valence-electron chi connectivity index (χ0n) is 12.0. The molecule has 3 nitrogen and oxygen atoms in total. The van der Waals surface area contributed by atoms with Crippen molar-refractivity contribution in [3.8, 4) is 0 Å². The number of carbonyl (C=O) groups excluding carboxylic acids is 1. The van der Waals surface area contributed by atoms with Gasteiger partial charge in [-0.15, -0.1) is 0 Å². The Labute approximate surface area is 120 Å². The molecule has 1 aromatic rings. The molecule has 2 unspecified atom stereocenters. The van der Waals surface area contributed by atoms with Gasteiger partial charge in [0.2, 0.25) is 5.91 Å². The normalized spacial score (nSPS) is 22.6.